The fourth-order valence-electron chi connectivity index (χ4n) is 2.75. The molecular weight excluding hydrogens is 314 g/mol. The van der Waals surface area contributed by atoms with Gasteiger partial charge in [-0.05, 0) is 43.5 Å². The molecular formula is C19H21N5O. The van der Waals surface area contributed by atoms with Crippen LogP contribution in [0.25, 0.3) is 17.2 Å². The van der Waals surface area contributed by atoms with Crippen LogP contribution < -0.4 is 5.73 Å². The second kappa shape index (κ2) is 7.25. The van der Waals surface area contributed by atoms with Gasteiger partial charge in [-0.3, -0.25) is 9.78 Å². The van der Waals surface area contributed by atoms with Crippen molar-refractivity contribution in [2.75, 3.05) is 0 Å². The highest BCUT2D eigenvalue weighted by Crippen LogP contribution is 2.29. The van der Waals surface area contributed by atoms with E-state index < -0.39 is 5.91 Å². The number of carbonyl (C=O) groups excluding carboxylic acids is 1. The lowest BCUT2D eigenvalue weighted by Crippen LogP contribution is -2.14. The molecule has 0 spiro atoms. The molecule has 1 amide bonds. The maximum absolute atomic E-state index is 12.0. The molecule has 3 rings (SSSR count). The molecule has 0 radical (unpaired) electrons. The molecule has 6 heteroatoms. The fourth-order valence-corrected chi connectivity index (χ4v) is 2.75. The van der Waals surface area contributed by atoms with Gasteiger partial charge in [0.15, 0.2) is 11.5 Å². The van der Waals surface area contributed by atoms with Gasteiger partial charge < -0.3 is 5.73 Å². The van der Waals surface area contributed by atoms with E-state index in [4.69, 9.17) is 5.73 Å². The van der Waals surface area contributed by atoms with Crippen molar-refractivity contribution in [2.24, 2.45) is 5.73 Å². The highest BCUT2D eigenvalue weighted by molar-refractivity contribution is 5.94. The molecule has 0 bridgehead atoms. The van der Waals surface area contributed by atoms with E-state index in [1.807, 2.05) is 37.3 Å². The zero-order valence-electron chi connectivity index (χ0n) is 14.4. The summed E-state index contributed by atoms with van der Waals surface area (Å²) in [6.07, 6.45) is 6.16. The Bertz CT molecular complexity index is 869. The van der Waals surface area contributed by atoms with Gasteiger partial charge in [0.25, 0.3) is 5.91 Å². The molecule has 0 saturated carbocycles. The first-order valence-electron chi connectivity index (χ1n) is 8.38. The molecule has 3 aromatic rings. The van der Waals surface area contributed by atoms with Crippen molar-refractivity contribution in [3.63, 3.8) is 0 Å². The largest absolute Gasteiger partial charge is 0.364 e. The third-order valence-corrected chi connectivity index (χ3v) is 4.02. The zero-order chi connectivity index (χ0) is 17.8. The third kappa shape index (κ3) is 3.42. The Kier molecular flexibility index (Phi) is 4.88. The third-order valence-electron chi connectivity index (χ3n) is 4.02. The summed E-state index contributed by atoms with van der Waals surface area (Å²) in [5, 5.41) is 4.47. The minimum atomic E-state index is -0.533. The molecule has 25 heavy (non-hydrogen) atoms. The zero-order valence-corrected chi connectivity index (χ0v) is 14.4. The number of pyridine rings is 2. The first kappa shape index (κ1) is 16.8. The van der Waals surface area contributed by atoms with Crippen LogP contribution in [0.1, 0.15) is 41.4 Å². The Labute approximate surface area is 146 Å². The molecule has 3 heterocycles. The summed E-state index contributed by atoms with van der Waals surface area (Å²) in [5.41, 5.74) is 9.31. The first-order chi connectivity index (χ1) is 12.1. The topological polar surface area (TPSA) is 86.7 Å². The summed E-state index contributed by atoms with van der Waals surface area (Å²) >= 11 is 0. The minimum Gasteiger partial charge on any atom is -0.364 e. The molecule has 128 valence electrons. The minimum absolute atomic E-state index is 0.288. The second-order valence-corrected chi connectivity index (χ2v) is 5.96. The Hall–Kier alpha value is -3.02. The second-order valence-electron chi connectivity index (χ2n) is 5.96. The van der Waals surface area contributed by atoms with E-state index in [9.17, 15) is 4.79 Å². The van der Waals surface area contributed by atoms with Crippen LogP contribution in [0.4, 0.5) is 0 Å². The van der Waals surface area contributed by atoms with Gasteiger partial charge in [-0.2, -0.15) is 5.10 Å². The summed E-state index contributed by atoms with van der Waals surface area (Å²) < 4.78 is 1.67. The highest BCUT2D eigenvalue weighted by atomic mass is 16.1. The lowest BCUT2D eigenvalue weighted by molar-refractivity contribution is 0.0994. The Morgan fingerprint density at radius 1 is 1.20 bits per heavy atom. The molecule has 2 N–H and O–H groups in total. The maximum Gasteiger partial charge on any atom is 0.269 e. The van der Waals surface area contributed by atoms with Crippen LogP contribution in [-0.4, -0.2) is 25.7 Å². The summed E-state index contributed by atoms with van der Waals surface area (Å²) in [5.74, 6) is 0.0965. The average Bonchev–Trinajstić information content (AvgIpc) is 3.01. The number of aryl methyl sites for hydroxylation is 1. The summed E-state index contributed by atoms with van der Waals surface area (Å²) in [6, 6.07) is 9.49. The van der Waals surface area contributed by atoms with Crippen LogP contribution >= 0.6 is 0 Å². The number of nitrogens with two attached hydrogens (primary N) is 1. The van der Waals surface area contributed by atoms with E-state index in [2.05, 4.69) is 22.0 Å². The maximum atomic E-state index is 12.0. The molecule has 6 nitrogen and oxygen atoms in total. The van der Waals surface area contributed by atoms with Crippen LogP contribution in [0.3, 0.4) is 0 Å². The van der Waals surface area contributed by atoms with E-state index in [0.29, 0.717) is 12.2 Å². The normalized spacial score (nSPS) is 10.8. The number of nitrogens with zero attached hydrogens (tertiary/aromatic N) is 4. The van der Waals surface area contributed by atoms with Crippen LogP contribution in [0.15, 0.2) is 42.7 Å². The molecule has 0 aliphatic rings. The smallest absolute Gasteiger partial charge is 0.269 e. The van der Waals surface area contributed by atoms with E-state index in [0.717, 1.165) is 35.4 Å². The molecule has 0 fully saturated rings. The van der Waals surface area contributed by atoms with Crippen LogP contribution in [0, 0.1) is 6.92 Å². The molecule has 0 aliphatic carbocycles. The number of aromatic nitrogens is 4. The van der Waals surface area contributed by atoms with Gasteiger partial charge in [-0.25, -0.2) is 9.67 Å². The fraction of sp³-hybridized carbons (Fsp3) is 0.263. The number of rotatable bonds is 6. The number of primary amides is 1. The van der Waals surface area contributed by atoms with E-state index in [1.165, 1.54) is 0 Å². The lowest BCUT2D eigenvalue weighted by Gasteiger charge is -2.09. The number of carbonyl (C=O) groups is 1. The summed E-state index contributed by atoms with van der Waals surface area (Å²) in [6.45, 7) is 4.09. The quantitative estimate of drug-likeness (QED) is 0.750. The summed E-state index contributed by atoms with van der Waals surface area (Å²) in [7, 11) is 0. The van der Waals surface area contributed by atoms with Gasteiger partial charge >= 0.3 is 0 Å². The Morgan fingerprint density at radius 3 is 2.64 bits per heavy atom. The number of hydrogen-bond donors (Lipinski definition) is 1. The molecule has 3 aromatic heterocycles. The van der Waals surface area contributed by atoms with Gasteiger partial charge in [0.2, 0.25) is 0 Å². The molecule has 0 atom stereocenters. The van der Waals surface area contributed by atoms with Gasteiger partial charge in [0.1, 0.15) is 0 Å². The SMILES string of the molecule is CCCCc1c(C(N)=O)nn(-c2ccccn2)c1-c1ccc(C)cn1. The van der Waals surface area contributed by atoms with E-state index >= 15 is 0 Å². The van der Waals surface area contributed by atoms with Crippen molar-refractivity contribution < 1.29 is 4.79 Å². The molecule has 0 unspecified atom stereocenters. The first-order valence-corrected chi connectivity index (χ1v) is 8.38. The van der Waals surface area contributed by atoms with Gasteiger partial charge in [0.05, 0.1) is 11.4 Å². The van der Waals surface area contributed by atoms with Gasteiger partial charge in [0, 0.05) is 18.0 Å². The Balaban J connectivity index is 2.26. The van der Waals surface area contributed by atoms with Crippen molar-refractivity contribution in [2.45, 2.75) is 33.1 Å². The highest BCUT2D eigenvalue weighted by Gasteiger charge is 2.24. The lowest BCUT2D eigenvalue weighted by atomic mass is 10.0. The van der Waals surface area contributed by atoms with Crippen molar-refractivity contribution in [1.82, 2.24) is 19.7 Å². The monoisotopic (exact) mass is 335 g/mol. The van der Waals surface area contributed by atoms with E-state index in [1.54, 1.807) is 17.1 Å². The van der Waals surface area contributed by atoms with Crippen LogP contribution in [0.2, 0.25) is 0 Å². The van der Waals surface area contributed by atoms with Crippen LogP contribution in [0.5, 0.6) is 0 Å². The number of unbranched alkanes of at least 4 members (excludes halogenated alkanes) is 1. The van der Waals surface area contributed by atoms with Crippen molar-refractivity contribution in [3.05, 3.63) is 59.5 Å². The molecule has 0 aliphatic heterocycles. The predicted octanol–water partition coefficient (Wildman–Crippen LogP) is 3.08. The van der Waals surface area contributed by atoms with Crippen molar-refractivity contribution in [3.8, 4) is 17.2 Å². The molecule has 0 aromatic carbocycles. The van der Waals surface area contributed by atoms with Gasteiger partial charge in [-0.15, -0.1) is 0 Å². The molecule has 0 saturated heterocycles. The van der Waals surface area contributed by atoms with Crippen molar-refractivity contribution in [1.29, 1.82) is 0 Å². The standard InChI is InChI=1S/C19H21N5O/c1-3-4-7-14-17(19(20)25)23-24(16-8-5-6-11-21-16)18(14)15-10-9-13(2)12-22-15/h5-6,8-12H,3-4,7H2,1-2H3,(H2,20,25). The number of hydrogen-bond acceptors (Lipinski definition) is 4. The van der Waals surface area contributed by atoms with E-state index in [-0.39, 0.29) is 5.69 Å². The number of amides is 1. The summed E-state index contributed by atoms with van der Waals surface area (Å²) in [4.78, 5) is 20.9. The van der Waals surface area contributed by atoms with Gasteiger partial charge in [-0.1, -0.05) is 25.5 Å². The predicted molar refractivity (Wildman–Crippen MR) is 96.5 cm³/mol. The van der Waals surface area contributed by atoms with Crippen LogP contribution in [-0.2, 0) is 6.42 Å². The average molecular weight is 335 g/mol. The van der Waals surface area contributed by atoms with Crippen molar-refractivity contribution >= 4 is 5.91 Å². The Morgan fingerprint density at radius 2 is 2.04 bits per heavy atom.